The quantitative estimate of drug-likeness (QED) is 0.284. The van der Waals surface area contributed by atoms with Crippen molar-refractivity contribution in [3.63, 3.8) is 0 Å². The first-order valence-electron chi connectivity index (χ1n) is 2.20. The molecule has 0 aromatic heterocycles. The second-order valence-corrected chi connectivity index (χ2v) is 1.70. The molecule has 0 atom stereocenters. The minimum absolute atomic E-state index is 0. The van der Waals surface area contributed by atoms with Crippen LogP contribution in [0.1, 0.15) is 13.8 Å². The minimum atomic E-state index is -1.30. The number of allylic oxidation sites excluding steroid dienone is 1. The van der Waals surface area contributed by atoms with E-state index in [1.165, 1.54) is 0 Å². The molecule has 0 heterocycles. The van der Waals surface area contributed by atoms with Crippen LogP contribution in [-0.4, -0.2) is 5.97 Å². The summed E-state index contributed by atoms with van der Waals surface area (Å²) in [5, 5.41) is 9.85. The molecule has 4 heteroatoms. The van der Waals surface area contributed by atoms with Crippen molar-refractivity contribution in [2.24, 2.45) is 5.73 Å². The molecule has 0 aliphatic heterocycles. The smallest absolute Gasteiger partial charge is 0.543 e. The molecule has 0 amide bonds. The van der Waals surface area contributed by atoms with Crippen molar-refractivity contribution in [2.75, 3.05) is 0 Å². The van der Waals surface area contributed by atoms with Crippen LogP contribution < -0.4 is 29.7 Å². The first kappa shape index (κ1) is 11.4. The van der Waals surface area contributed by atoms with Gasteiger partial charge in [0.1, 0.15) is 0 Å². The van der Waals surface area contributed by atoms with E-state index in [1.54, 1.807) is 13.8 Å². The Morgan fingerprint density at radius 1 is 1.44 bits per heavy atom. The van der Waals surface area contributed by atoms with E-state index in [4.69, 9.17) is 5.73 Å². The molecule has 0 saturated carbocycles. The maximum atomic E-state index is 9.85. The number of aliphatic carboxylic acids is 1. The van der Waals surface area contributed by atoms with Crippen LogP contribution in [-0.2, 0) is 4.79 Å². The van der Waals surface area contributed by atoms with Crippen molar-refractivity contribution < 1.29 is 28.8 Å². The SMILES string of the molecule is CC(C)=C(N)C(=O)[O-].[Li+]. The van der Waals surface area contributed by atoms with Gasteiger partial charge in [-0.2, -0.15) is 0 Å². The molecule has 0 bridgehead atoms. The van der Waals surface area contributed by atoms with Crippen LogP contribution >= 0.6 is 0 Å². The van der Waals surface area contributed by atoms with Gasteiger partial charge in [0.05, 0.1) is 11.7 Å². The van der Waals surface area contributed by atoms with Crippen LogP contribution in [0.2, 0.25) is 0 Å². The van der Waals surface area contributed by atoms with Gasteiger partial charge in [-0.05, 0) is 13.8 Å². The third-order valence-corrected chi connectivity index (χ3v) is 0.759. The average molecular weight is 121 g/mol. The fourth-order valence-electron chi connectivity index (χ4n) is 0.204. The predicted octanol–water partition coefficient (Wildman–Crippen LogP) is -4.01. The van der Waals surface area contributed by atoms with Gasteiger partial charge in [0, 0.05) is 0 Å². The van der Waals surface area contributed by atoms with Gasteiger partial charge in [-0.15, -0.1) is 0 Å². The molecule has 0 unspecified atom stereocenters. The number of carbonyl (C=O) groups excluding carboxylic acids is 1. The molecule has 0 aliphatic rings. The Morgan fingerprint density at radius 3 is 1.78 bits per heavy atom. The molecule has 0 aromatic carbocycles. The van der Waals surface area contributed by atoms with E-state index in [1.807, 2.05) is 0 Å². The molecule has 0 aromatic rings. The van der Waals surface area contributed by atoms with Gasteiger partial charge in [-0.25, -0.2) is 0 Å². The number of carbonyl (C=O) groups is 1. The Kier molecular flexibility index (Phi) is 5.68. The van der Waals surface area contributed by atoms with Crippen molar-refractivity contribution in [1.82, 2.24) is 0 Å². The molecular weight excluding hydrogens is 113 g/mol. The summed E-state index contributed by atoms with van der Waals surface area (Å²) in [5.41, 5.74) is 5.38. The Morgan fingerprint density at radius 2 is 1.78 bits per heavy atom. The van der Waals surface area contributed by atoms with Crippen LogP contribution in [0, 0.1) is 0 Å². The summed E-state index contributed by atoms with van der Waals surface area (Å²) in [5.74, 6) is -1.30. The minimum Gasteiger partial charge on any atom is -0.543 e. The molecule has 9 heavy (non-hydrogen) atoms. The molecule has 46 valence electrons. The van der Waals surface area contributed by atoms with Crippen LogP contribution in [0.4, 0.5) is 0 Å². The van der Waals surface area contributed by atoms with Crippen molar-refractivity contribution >= 4 is 5.97 Å². The summed E-state index contributed by atoms with van der Waals surface area (Å²) < 4.78 is 0. The number of nitrogens with two attached hydrogens (primary N) is 1. The fourth-order valence-corrected chi connectivity index (χ4v) is 0.204. The molecule has 3 nitrogen and oxygen atoms in total. The molecule has 2 N–H and O–H groups in total. The van der Waals surface area contributed by atoms with E-state index >= 15 is 0 Å². The van der Waals surface area contributed by atoms with Crippen LogP contribution in [0.25, 0.3) is 0 Å². The van der Waals surface area contributed by atoms with E-state index < -0.39 is 5.97 Å². The number of hydrogen-bond donors (Lipinski definition) is 1. The monoisotopic (exact) mass is 121 g/mol. The van der Waals surface area contributed by atoms with Gasteiger partial charge in [-0.1, -0.05) is 5.57 Å². The normalized spacial score (nSPS) is 7.33. The number of rotatable bonds is 1. The number of carboxylic acids is 1. The van der Waals surface area contributed by atoms with E-state index in [9.17, 15) is 9.90 Å². The maximum Gasteiger partial charge on any atom is 1.00 e. The summed E-state index contributed by atoms with van der Waals surface area (Å²) in [6, 6.07) is 0. The average Bonchev–Trinajstić information content (AvgIpc) is 1.64. The van der Waals surface area contributed by atoms with Gasteiger partial charge in [0.2, 0.25) is 0 Å². The third-order valence-electron chi connectivity index (χ3n) is 0.759. The van der Waals surface area contributed by atoms with Crippen LogP contribution in [0.5, 0.6) is 0 Å². The van der Waals surface area contributed by atoms with E-state index in [-0.39, 0.29) is 24.6 Å². The maximum absolute atomic E-state index is 9.85. The van der Waals surface area contributed by atoms with Crippen LogP contribution in [0.15, 0.2) is 11.3 Å². The molecular formula is C5H8LiNO2. The molecule has 0 saturated heterocycles. The largest absolute Gasteiger partial charge is 1.00 e. The Balaban J connectivity index is 0. The number of hydrogen-bond acceptors (Lipinski definition) is 3. The Labute approximate surface area is 66.1 Å². The number of carboxylic acid groups (broad SMARTS) is 1. The standard InChI is InChI=1S/C5H9NO2.Li/c1-3(2)4(6)5(7)8;/h6H2,1-2H3,(H,7,8);/q;+1/p-1. The second-order valence-electron chi connectivity index (χ2n) is 1.70. The van der Waals surface area contributed by atoms with Gasteiger partial charge in [0.15, 0.2) is 0 Å². The Hall–Kier alpha value is -0.393. The van der Waals surface area contributed by atoms with Gasteiger partial charge in [-0.3, -0.25) is 0 Å². The van der Waals surface area contributed by atoms with Crippen molar-refractivity contribution in [3.8, 4) is 0 Å². The zero-order chi connectivity index (χ0) is 6.73. The van der Waals surface area contributed by atoms with E-state index in [2.05, 4.69) is 0 Å². The summed E-state index contributed by atoms with van der Waals surface area (Å²) in [6.07, 6.45) is 0. The molecule has 0 fully saturated rings. The molecule has 0 spiro atoms. The van der Waals surface area contributed by atoms with E-state index in [0.717, 1.165) is 0 Å². The van der Waals surface area contributed by atoms with E-state index in [0.29, 0.717) is 5.57 Å². The van der Waals surface area contributed by atoms with Gasteiger partial charge >= 0.3 is 18.9 Å². The van der Waals surface area contributed by atoms with Gasteiger partial charge < -0.3 is 15.6 Å². The van der Waals surface area contributed by atoms with Crippen molar-refractivity contribution in [1.29, 1.82) is 0 Å². The third kappa shape index (κ3) is 4.13. The summed E-state index contributed by atoms with van der Waals surface area (Å²) in [7, 11) is 0. The van der Waals surface area contributed by atoms with Crippen molar-refractivity contribution in [3.05, 3.63) is 11.3 Å². The molecule has 0 rings (SSSR count). The predicted molar refractivity (Wildman–Crippen MR) is 27.6 cm³/mol. The topological polar surface area (TPSA) is 66.2 Å². The summed E-state index contributed by atoms with van der Waals surface area (Å²) >= 11 is 0. The summed E-state index contributed by atoms with van der Waals surface area (Å²) in [6.45, 7) is 3.23. The van der Waals surface area contributed by atoms with Gasteiger partial charge in [0.25, 0.3) is 0 Å². The molecule has 0 radical (unpaired) electrons. The first-order chi connectivity index (χ1) is 3.55. The molecule has 0 aliphatic carbocycles. The summed E-state index contributed by atoms with van der Waals surface area (Å²) in [4.78, 5) is 9.85. The first-order valence-corrected chi connectivity index (χ1v) is 2.20. The fraction of sp³-hybridized carbons (Fsp3) is 0.400. The Bertz CT molecular complexity index is 138. The zero-order valence-corrected chi connectivity index (χ0v) is 5.89. The zero-order valence-electron chi connectivity index (χ0n) is 5.89. The van der Waals surface area contributed by atoms with Crippen LogP contribution in [0.3, 0.4) is 0 Å². The van der Waals surface area contributed by atoms with Crippen molar-refractivity contribution in [2.45, 2.75) is 13.8 Å². The second kappa shape index (κ2) is 4.48.